The van der Waals surface area contributed by atoms with Crippen molar-refractivity contribution in [3.63, 3.8) is 0 Å². The second-order valence-electron chi connectivity index (χ2n) is 2.18. The van der Waals surface area contributed by atoms with E-state index in [1.54, 1.807) is 0 Å². The number of nitrogens with one attached hydrogen (secondary N) is 1. The van der Waals surface area contributed by atoms with Crippen LogP contribution in [0.1, 0.15) is 13.8 Å². The van der Waals surface area contributed by atoms with Gasteiger partial charge in [0.2, 0.25) is 0 Å². The van der Waals surface area contributed by atoms with Gasteiger partial charge in [-0.25, -0.2) is 0 Å². The first-order chi connectivity index (χ1) is 2.71. The normalized spacial score (nSPS) is 29.0. The van der Waals surface area contributed by atoms with Gasteiger partial charge in [-0.15, -0.1) is 0 Å². The summed E-state index contributed by atoms with van der Waals surface area (Å²) in [5.74, 6) is 0. The zero-order valence-electron chi connectivity index (χ0n) is 4.12. The van der Waals surface area contributed by atoms with E-state index in [2.05, 4.69) is 18.6 Å². The molecule has 1 nitrogen and oxygen atoms in total. The molecule has 1 saturated heterocycles. The van der Waals surface area contributed by atoms with Crippen LogP contribution in [0.3, 0.4) is 0 Å². The van der Waals surface area contributed by atoms with Gasteiger partial charge in [0.15, 0.2) is 0 Å². The third-order valence-corrected chi connectivity index (χ3v) is 1.83. The maximum absolute atomic E-state index is 3.12. The lowest BCUT2D eigenvalue weighted by Gasteiger charge is -2.33. The van der Waals surface area contributed by atoms with Crippen LogP contribution in [-0.4, -0.2) is 11.3 Å². The van der Waals surface area contributed by atoms with Gasteiger partial charge in [0.25, 0.3) is 0 Å². The molecule has 0 aromatic carbocycles. The fraction of sp³-hybridized carbons (Fsp3) is 1.00. The first kappa shape index (κ1) is 4.47. The Balaban J connectivity index is 2.31. The van der Waals surface area contributed by atoms with Gasteiger partial charge in [-0.3, -0.25) is 4.72 Å². The molecule has 0 atom stereocenters. The van der Waals surface area contributed by atoms with Crippen LogP contribution >= 0.6 is 11.9 Å². The fourth-order valence-electron chi connectivity index (χ4n) is 0.361. The molecule has 0 radical (unpaired) electrons. The molecule has 1 fully saturated rings. The topological polar surface area (TPSA) is 12.0 Å². The molecule has 2 heteroatoms. The summed E-state index contributed by atoms with van der Waals surface area (Å²) in [7, 11) is 0. The highest BCUT2D eigenvalue weighted by molar-refractivity contribution is 8.00. The van der Waals surface area contributed by atoms with Crippen LogP contribution < -0.4 is 4.72 Å². The Morgan fingerprint density at radius 3 is 2.00 bits per heavy atom. The van der Waals surface area contributed by atoms with Gasteiger partial charge >= 0.3 is 0 Å². The summed E-state index contributed by atoms with van der Waals surface area (Å²) in [5, 5.41) is 0. The molecule has 0 aromatic rings. The van der Waals surface area contributed by atoms with E-state index in [4.69, 9.17) is 0 Å². The van der Waals surface area contributed by atoms with Crippen LogP contribution in [0.25, 0.3) is 0 Å². The van der Waals surface area contributed by atoms with Crippen LogP contribution in [0.15, 0.2) is 0 Å². The monoisotopic (exact) mass is 103 g/mol. The van der Waals surface area contributed by atoms with Gasteiger partial charge in [0.05, 0.1) is 0 Å². The Labute approximate surface area is 42.6 Å². The quantitative estimate of drug-likeness (QED) is 0.459. The highest BCUT2D eigenvalue weighted by Crippen LogP contribution is 2.28. The van der Waals surface area contributed by atoms with Crippen LogP contribution in [0.4, 0.5) is 0 Å². The molecule has 1 aliphatic heterocycles. The Morgan fingerprint density at radius 2 is 2.00 bits per heavy atom. The van der Waals surface area contributed by atoms with Gasteiger partial charge < -0.3 is 0 Å². The predicted molar refractivity (Wildman–Crippen MR) is 29.7 cm³/mol. The molecular formula is C4H9NS. The van der Waals surface area contributed by atoms with E-state index in [1.807, 2.05) is 11.9 Å². The van der Waals surface area contributed by atoms with Crippen LogP contribution in [0.2, 0.25) is 0 Å². The van der Waals surface area contributed by atoms with E-state index in [0.717, 1.165) is 6.54 Å². The smallest absolute Gasteiger partial charge is 0.0382 e. The van der Waals surface area contributed by atoms with Gasteiger partial charge in [-0.2, -0.15) is 0 Å². The Hall–Kier alpha value is 0.310. The van der Waals surface area contributed by atoms with Crippen molar-refractivity contribution in [1.29, 1.82) is 0 Å². The highest BCUT2D eigenvalue weighted by atomic mass is 32.2. The number of hydrogen-bond donors (Lipinski definition) is 1. The molecule has 0 aromatic heterocycles. The SMILES string of the molecule is CC1(C)CNS1. The highest BCUT2D eigenvalue weighted by Gasteiger charge is 2.26. The molecule has 0 amide bonds. The van der Waals surface area contributed by atoms with Crippen LogP contribution in [-0.2, 0) is 0 Å². The minimum Gasteiger partial charge on any atom is -0.262 e. The molecular weight excluding hydrogens is 94.1 g/mol. The first-order valence-corrected chi connectivity index (χ1v) is 2.93. The van der Waals surface area contributed by atoms with E-state index in [1.165, 1.54) is 0 Å². The fourth-order valence-corrected chi connectivity index (χ4v) is 1.08. The lowest BCUT2D eigenvalue weighted by molar-refractivity contribution is 0.635. The Morgan fingerprint density at radius 1 is 1.67 bits per heavy atom. The lowest BCUT2D eigenvalue weighted by atomic mass is 10.2. The maximum Gasteiger partial charge on any atom is 0.0382 e. The summed E-state index contributed by atoms with van der Waals surface area (Å²) in [5.41, 5.74) is 0. The molecule has 0 bridgehead atoms. The van der Waals surface area contributed by atoms with Crippen molar-refractivity contribution in [2.75, 3.05) is 6.54 Å². The van der Waals surface area contributed by atoms with Gasteiger partial charge in [-0.05, 0) is 13.8 Å². The van der Waals surface area contributed by atoms with Crippen LogP contribution in [0.5, 0.6) is 0 Å². The standard InChI is InChI=1S/C4H9NS/c1-4(2)3-5-6-4/h5H,3H2,1-2H3. The van der Waals surface area contributed by atoms with Crippen molar-refractivity contribution >= 4 is 11.9 Å². The summed E-state index contributed by atoms with van der Waals surface area (Å²) in [6, 6.07) is 0. The van der Waals surface area contributed by atoms with E-state index >= 15 is 0 Å². The van der Waals surface area contributed by atoms with E-state index < -0.39 is 0 Å². The summed E-state index contributed by atoms with van der Waals surface area (Å²) < 4.78 is 3.65. The molecule has 1 heterocycles. The van der Waals surface area contributed by atoms with Crippen molar-refractivity contribution in [3.8, 4) is 0 Å². The third-order valence-electron chi connectivity index (χ3n) is 0.846. The summed E-state index contributed by atoms with van der Waals surface area (Å²) in [6.07, 6.45) is 0. The summed E-state index contributed by atoms with van der Waals surface area (Å²) in [4.78, 5) is 0. The van der Waals surface area contributed by atoms with E-state index in [-0.39, 0.29) is 0 Å². The third kappa shape index (κ3) is 0.684. The maximum atomic E-state index is 3.12. The molecule has 0 aliphatic carbocycles. The number of rotatable bonds is 0. The van der Waals surface area contributed by atoms with Crippen molar-refractivity contribution in [2.24, 2.45) is 0 Å². The predicted octanol–water partition coefficient (Wildman–Crippen LogP) is 1.02. The summed E-state index contributed by atoms with van der Waals surface area (Å²) in [6.45, 7) is 5.62. The van der Waals surface area contributed by atoms with Crippen molar-refractivity contribution in [3.05, 3.63) is 0 Å². The molecule has 6 heavy (non-hydrogen) atoms. The van der Waals surface area contributed by atoms with Gasteiger partial charge in [0, 0.05) is 11.3 Å². The average Bonchev–Trinajstić information content (AvgIpc) is 1.32. The minimum absolute atomic E-state index is 0.528. The zero-order valence-corrected chi connectivity index (χ0v) is 4.93. The van der Waals surface area contributed by atoms with Gasteiger partial charge in [0.1, 0.15) is 0 Å². The second kappa shape index (κ2) is 1.14. The van der Waals surface area contributed by atoms with Gasteiger partial charge in [-0.1, -0.05) is 11.9 Å². The molecule has 0 unspecified atom stereocenters. The Kier molecular flexibility index (Phi) is 0.848. The van der Waals surface area contributed by atoms with Crippen molar-refractivity contribution in [1.82, 2.24) is 4.72 Å². The Bertz CT molecular complexity index is 54.6. The number of hydrogen-bond acceptors (Lipinski definition) is 2. The first-order valence-electron chi connectivity index (χ1n) is 2.12. The van der Waals surface area contributed by atoms with E-state index in [9.17, 15) is 0 Å². The van der Waals surface area contributed by atoms with Crippen molar-refractivity contribution in [2.45, 2.75) is 18.6 Å². The molecule has 0 saturated carbocycles. The zero-order chi connectivity index (χ0) is 4.62. The second-order valence-corrected chi connectivity index (χ2v) is 3.78. The average molecular weight is 103 g/mol. The van der Waals surface area contributed by atoms with Crippen LogP contribution in [0, 0.1) is 0 Å². The summed E-state index contributed by atoms with van der Waals surface area (Å²) >= 11 is 1.81. The lowest BCUT2D eigenvalue weighted by Crippen LogP contribution is -2.42. The molecule has 36 valence electrons. The molecule has 0 spiro atoms. The molecule has 1 N–H and O–H groups in total. The largest absolute Gasteiger partial charge is 0.262 e. The molecule has 1 rings (SSSR count). The molecule has 1 aliphatic rings. The van der Waals surface area contributed by atoms with Crippen molar-refractivity contribution < 1.29 is 0 Å². The minimum atomic E-state index is 0.528. The van der Waals surface area contributed by atoms with E-state index in [0.29, 0.717) is 4.75 Å².